The predicted molar refractivity (Wildman–Crippen MR) is 183 cm³/mol. The molecule has 2 rings (SSSR count). The maximum absolute atomic E-state index is 14.1. The van der Waals surface area contributed by atoms with E-state index in [2.05, 4.69) is 10.6 Å². The molecule has 13 heteroatoms. The van der Waals surface area contributed by atoms with Crippen molar-refractivity contribution in [1.82, 2.24) is 20.3 Å². The van der Waals surface area contributed by atoms with Gasteiger partial charge in [-0.1, -0.05) is 97.0 Å². The number of nitro benzene ring substituents is 1. The van der Waals surface area contributed by atoms with Gasteiger partial charge in [-0.15, -0.1) is 0 Å². The summed E-state index contributed by atoms with van der Waals surface area (Å²) in [4.78, 5) is 52.6. The Hall–Kier alpha value is -4.10. The molecule has 47 heavy (non-hydrogen) atoms. The molecule has 258 valence electrons. The third kappa shape index (κ3) is 10.4. The van der Waals surface area contributed by atoms with E-state index in [1.54, 1.807) is 14.1 Å². The van der Waals surface area contributed by atoms with Crippen molar-refractivity contribution in [2.75, 3.05) is 14.1 Å². The van der Waals surface area contributed by atoms with E-state index < -0.39 is 55.6 Å². The number of likely N-dealkylation sites (N-methyl/N-ethyl adjacent to an activating group) is 2. The predicted octanol–water partition coefficient (Wildman–Crippen LogP) is 4.07. The molecular formula is C34H49N5O7S. The summed E-state index contributed by atoms with van der Waals surface area (Å²) in [5.74, 6) is -2.31. The third-order valence-electron chi connectivity index (χ3n) is 8.20. The zero-order valence-electron chi connectivity index (χ0n) is 29.0. The maximum atomic E-state index is 14.1. The molecule has 0 bridgehead atoms. The first-order valence-electron chi connectivity index (χ1n) is 15.4. The summed E-state index contributed by atoms with van der Waals surface area (Å²) >= 11 is 0. The topological polar surface area (TPSA) is 168 Å². The Morgan fingerprint density at radius 2 is 1.51 bits per heavy atom. The van der Waals surface area contributed by atoms with Gasteiger partial charge in [0.25, 0.3) is 11.6 Å². The number of nitro groups is 1. The van der Waals surface area contributed by atoms with Crippen molar-refractivity contribution in [2.45, 2.75) is 84.7 Å². The summed E-state index contributed by atoms with van der Waals surface area (Å²) in [6.07, 6.45) is 1.54. The average molecular weight is 672 g/mol. The first kappa shape index (κ1) is 39.1. The lowest BCUT2D eigenvalue weighted by atomic mass is 9.76. The first-order chi connectivity index (χ1) is 21.6. The van der Waals surface area contributed by atoms with Gasteiger partial charge in [-0.05, 0) is 36.4 Å². The van der Waals surface area contributed by atoms with E-state index >= 15 is 0 Å². The molecule has 0 aliphatic carbocycles. The molecule has 3 atom stereocenters. The van der Waals surface area contributed by atoms with E-state index in [0.29, 0.717) is 0 Å². The molecule has 3 amide bonds. The van der Waals surface area contributed by atoms with Crippen LogP contribution in [0.2, 0.25) is 0 Å². The van der Waals surface area contributed by atoms with Gasteiger partial charge < -0.3 is 15.5 Å². The summed E-state index contributed by atoms with van der Waals surface area (Å²) in [6.45, 7) is 14.7. The molecule has 2 aromatic rings. The molecule has 0 saturated carbocycles. The summed E-state index contributed by atoms with van der Waals surface area (Å²) in [6, 6.07) is 12.4. The van der Waals surface area contributed by atoms with Crippen LogP contribution in [0, 0.1) is 21.4 Å². The standard InChI is InChI=1S/C34H49N5O7S/c1-22(2)27(20-23(3)30(40)37-47(45,46)21-24-16-18-26(19-17-24)39(43)44)38(10)32(42)29(33(4,5)6)36-31(41)28(35-9)34(7,8)25-14-12-11-13-15-25/h11-20,22,27-29,35H,21H2,1-10H3,(H,36,41)(H,37,40)/b23-20+/t27-,28-,29?/m1/s1. The van der Waals surface area contributed by atoms with E-state index in [9.17, 15) is 32.9 Å². The zero-order valence-corrected chi connectivity index (χ0v) is 29.8. The number of hydrogen-bond donors (Lipinski definition) is 3. The van der Waals surface area contributed by atoms with Crippen LogP contribution in [0.15, 0.2) is 66.2 Å². The van der Waals surface area contributed by atoms with Crippen molar-refractivity contribution in [2.24, 2.45) is 11.3 Å². The number of nitrogens with zero attached hydrogens (tertiary/aromatic N) is 2. The summed E-state index contributed by atoms with van der Waals surface area (Å²) in [5.41, 5.74) is -0.168. The lowest BCUT2D eigenvalue weighted by molar-refractivity contribution is -0.384. The Balaban J connectivity index is 2.28. The quantitative estimate of drug-likeness (QED) is 0.154. The molecule has 0 spiro atoms. The second-order valence-corrected chi connectivity index (χ2v) is 15.5. The largest absolute Gasteiger partial charge is 0.342 e. The number of benzene rings is 2. The van der Waals surface area contributed by atoms with Crippen LogP contribution in [0.25, 0.3) is 0 Å². The van der Waals surface area contributed by atoms with E-state index in [0.717, 1.165) is 5.56 Å². The van der Waals surface area contributed by atoms with Gasteiger partial charge in [-0.25, -0.2) is 13.1 Å². The van der Waals surface area contributed by atoms with Crippen LogP contribution < -0.4 is 15.4 Å². The summed E-state index contributed by atoms with van der Waals surface area (Å²) < 4.78 is 27.5. The molecule has 12 nitrogen and oxygen atoms in total. The van der Waals surface area contributed by atoms with Gasteiger partial charge in [0.15, 0.2) is 0 Å². The molecule has 0 heterocycles. The average Bonchev–Trinajstić information content (AvgIpc) is 2.97. The number of non-ortho nitro benzene ring substituents is 1. The Bertz CT molecular complexity index is 1560. The fourth-order valence-corrected chi connectivity index (χ4v) is 6.50. The highest BCUT2D eigenvalue weighted by molar-refractivity contribution is 7.89. The monoisotopic (exact) mass is 671 g/mol. The van der Waals surface area contributed by atoms with Crippen molar-refractivity contribution in [3.8, 4) is 0 Å². The highest BCUT2D eigenvalue weighted by Gasteiger charge is 2.41. The van der Waals surface area contributed by atoms with Crippen LogP contribution in [0.4, 0.5) is 5.69 Å². The van der Waals surface area contributed by atoms with Gasteiger partial charge in [0.05, 0.1) is 22.8 Å². The third-order valence-corrected chi connectivity index (χ3v) is 9.41. The highest BCUT2D eigenvalue weighted by atomic mass is 32.2. The molecule has 1 unspecified atom stereocenters. The number of nitrogens with one attached hydrogen (secondary N) is 3. The van der Waals surface area contributed by atoms with Gasteiger partial charge in [0.1, 0.15) is 6.04 Å². The molecule has 0 radical (unpaired) electrons. The molecule has 0 aliphatic heterocycles. The minimum absolute atomic E-state index is 0.0758. The minimum atomic E-state index is -4.14. The second-order valence-electron chi connectivity index (χ2n) is 13.8. The van der Waals surface area contributed by atoms with E-state index in [-0.39, 0.29) is 34.6 Å². The van der Waals surface area contributed by atoms with Gasteiger partial charge >= 0.3 is 0 Å². The van der Waals surface area contributed by atoms with Crippen molar-refractivity contribution < 1.29 is 27.7 Å². The van der Waals surface area contributed by atoms with E-state index in [1.807, 2.05) is 83.5 Å². The number of amides is 3. The van der Waals surface area contributed by atoms with E-state index in [4.69, 9.17) is 0 Å². The van der Waals surface area contributed by atoms with Crippen molar-refractivity contribution >= 4 is 33.4 Å². The van der Waals surface area contributed by atoms with Crippen LogP contribution in [-0.4, -0.2) is 68.2 Å². The number of hydrogen-bond acceptors (Lipinski definition) is 8. The van der Waals surface area contributed by atoms with Gasteiger partial charge in [-0.3, -0.25) is 24.5 Å². The van der Waals surface area contributed by atoms with E-state index in [1.165, 1.54) is 42.2 Å². The molecule has 2 aromatic carbocycles. The smallest absolute Gasteiger partial charge is 0.269 e. The van der Waals surface area contributed by atoms with Crippen LogP contribution >= 0.6 is 0 Å². The zero-order chi connectivity index (χ0) is 35.9. The van der Waals surface area contributed by atoms with Crippen LogP contribution in [0.1, 0.15) is 66.5 Å². The molecule has 0 saturated heterocycles. The fraction of sp³-hybridized carbons (Fsp3) is 0.500. The normalized spacial score (nSPS) is 14.6. The molecule has 0 fully saturated rings. The lowest BCUT2D eigenvalue weighted by Crippen LogP contribution is -2.61. The fourth-order valence-electron chi connectivity index (χ4n) is 5.35. The SMILES string of the molecule is CN[C@H](C(=O)NC(C(=O)N(C)[C@H](/C=C(\C)C(=O)NS(=O)(=O)Cc1ccc([N+](=O)[O-])cc1)C(C)C)C(C)(C)C)C(C)(C)c1ccccc1. The Kier molecular flexibility index (Phi) is 13.0. The maximum Gasteiger partial charge on any atom is 0.269 e. The first-order valence-corrected chi connectivity index (χ1v) is 17.0. The van der Waals surface area contributed by atoms with Crippen molar-refractivity contribution in [1.29, 1.82) is 0 Å². The number of sulfonamides is 1. The number of carbonyl (C=O) groups excluding carboxylic acids is 3. The molecule has 0 aromatic heterocycles. The number of rotatable bonds is 14. The van der Waals surface area contributed by atoms with Crippen molar-refractivity contribution in [3.05, 3.63) is 87.5 Å². The second kappa shape index (κ2) is 15.7. The molecular weight excluding hydrogens is 622 g/mol. The van der Waals surface area contributed by atoms with Gasteiger partial charge in [0.2, 0.25) is 21.8 Å². The van der Waals surface area contributed by atoms with Gasteiger partial charge in [-0.2, -0.15) is 0 Å². The number of carbonyl (C=O) groups is 3. The Labute approximate surface area is 278 Å². The molecule has 0 aliphatic rings. The van der Waals surface area contributed by atoms with Crippen LogP contribution in [-0.2, 0) is 35.6 Å². The highest BCUT2D eigenvalue weighted by Crippen LogP contribution is 2.29. The Morgan fingerprint density at radius 3 is 1.98 bits per heavy atom. The summed E-state index contributed by atoms with van der Waals surface area (Å²) in [7, 11) is -0.844. The summed E-state index contributed by atoms with van der Waals surface area (Å²) in [5, 5.41) is 17.0. The lowest BCUT2D eigenvalue weighted by Gasteiger charge is -2.40. The van der Waals surface area contributed by atoms with Crippen molar-refractivity contribution in [3.63, 3.8) is 0 Å². The van der Waals surface area contributed by atoms with Crippen LogP contribution in [0.3, 0.4) is 0 Å². The minimum Gasteiger partial charge on any atom is -0.342 e. The molecule has 3 N–H and O–H groups in total. The Morgan fingerprint density at radius 1 is 0.957 bits per heavy atom. The van der Waals surface area contributed by atoms with Crippen LogP contribution in [0.5, 0.6) is 0 Å². The van der Waals surface area contributed by atoms with Gasteiger partial charge in [0, 0.05) is 30.2 Å².